The summed E-state index contributed by atoms with van der Waals surface area (Å²) >= 11 is 0. The van der Waals surface area contributed by atoms with Gasteiger partial charge in [0, 0.05) is 28.1 Å². The van der Waals surface area contributed by atoms with Crippen LogP contribution in [0.1, 0.15) is 38.8 Å². The number of hydrogen-bond acceptors (Lipinski definition) is 7. The molecule has 1 spiro atoms. The van der Waals surface area contributed by atoms with Gasteiger partial charge in [0.2, 0.25) is 12.7 Å². The first kappa shape index (κ1) is 26.3. The molecular weight excluding hydrogens is 556 g/mol. The first-order chi connectivity index (χ1) is 21.4. The van der Waals surface area contributed by atoms with Crippen LogP contribution in [0.25, 0.3) is 5.57 Å². The van der Waals surface area contributed by atoms with Crippen molar-refractivity contribution < 1.29 is 28.6 Å². The number of Topliss-reactive ketones (excluding diaryl/α,β-unsaturated/α-hetero) is 2. The normalized spacial score (nSPS) is 23.9. The number of ketones is 2. The molecule has 4 heterocycles. The molecule has 4 aromatic rings. The van der Waals surface area contributed by atoms with E-state index < -0.39 is 23.4 Å². The zero-order valence-electron chi connectivity index (χ0n) is 24.1. The van der Waals surface area contributed by atoms with Crippen molar-refractivity contribution in [1.82, 2.24) is 0 Å². The second-order valence-electron chi connectivity index (χ2n) is 11.5. The summed E-state index contributed by atoms with van der Waals surface area (Å²) in [5.41, 5.74) is 3.45. The summed E-state index contributed by atoms with van der Waals surface area (Å²) in [4.78, 5) is 46.5. The molecule has 1 saturated heterocycles. The van der Waals surface area contributed by atoms with Crippen LogP contribution in [0.3, 0.4) is 0 Å². The lowest BCUT2D eigenvalue weighted by molar-refractivity contribution is -0.121. The molecule has 0 radical (unpaired) electrons. The minimum absolute atomic E-state index is 0.0609. The lowest BCUT2D eigenvalue weighted by Crippen LogP contribution is -2.51. The van der Waals surface area contributed by atoms with Crippen molar-refractivity contribution in [2.45, 2.75) is 24.4 Å². The van der Waals surface area contributed by atoms with Gasteiger partial charge in [0.05, 0.1) is 19.1 Å². The minimum Gasteiger partial charge on any atom is -0.497 e. The number of amides is 1. The van der Waals surface area contributed by atoms with Gasteiger partial charge in [0.25, 0.3) is 0 Å². The molecule has 4 aromatic carbocycles. The molecule has 8 rings (SSSR count). The van der Waals surface area contributed by atoms with Gasteiger partial charge < -0.3 is 24.4 Å². The molecule has 1 fully saturated rings. The first-order valence-corrected chi connectivity index (χ1v) is 14.5. The molecule has 0 aliphatic carbocycles. The highest BCUT2D eigenvalue weighted by Crippen LogP contribution is 2.59. The second kappa shape index (κ2) is 9.57. The third kappa shape index (κ3) is 3.48. The first-order valence-electron chi connectivity index (χ1n) is 14.5. The van der Waals surface area contributed by atoms with Crippen LogP contribution in [0.5, 0.6) is 17.2 Å². The molecule has 8 nitrogen and oxygen atoms in total. The number of para-hydroxylation sites is 2. The number of nitrogens with zero attached hydrogens (tertiary/aromatic N) is 1. The zero-order chi connectivity index (χ0) is 30.2. The Morgan fingerprint density at radius 3 is 2.43 bits per heavy atom. The third-order valence-electron chi connectivity index (χ3n) is 9.47. The minimum atomic E-state index is -1.40. The van der Waals surface area contributed by atoms with E-state index in [-0.39, 0.29) is 24.3 Å². The molecule has 8 heteroatoms. The van der Waals surface area contributed by atoms with Gasteiger partial charge >= 0.3 is 0 Å². The van der Waals surface area contributed by atoms with E-state index in [9.17, 15) is 9.59 Å². The van der Waals surface area contributed by atoms with E-state index in [1.165, 1.54) is 0 Å². The molecule has 218 valence electrons. The Morgan fingerprint density at radius 2 is 1.61 bits per heavy atom. The highest BCUT2D eigenvalue weighted by atomic mass is 16.7. The van der Waals surface area contributed by atoms with Crippen LogP contribution in [0.4, 0.5) is 11.4 Å². The Hall–Kier alpha value is -5.37. The molecule has 4 atom stereocenters. The molecule has 1 N–H and O–H groups in total. The fourth-order valence-corrected chi connectivity index (χ4v) is 7.54. The fourth-order valence-electron chi connectivity index (χ4n) is 7.54. The van der Waals surface area contributed by atoms with E-state index in [1.54, 1.807) is 49.6 Å². The Morgan fingerprint density at radius 1 is 0.886 bits per heavy atom. The van der Waals surface area contributed by atoms with Crippen molar-refractivity contribution in [3.05, 3.63) is 119 Å². The average molecular weight is 585 g/mol. The lowest BCUT2D eigenvalue weighted by atomic mass is 9.64. The second-order valence-corrected chi connectivity index (χ2v) is 11.5. The number of nitrogens with one attached hydrogen (secondary N) is 1. The van der Waals surface area contributed by atoms with E-state index in [1.807, 2.05) is 66.4 Å². The molecule has 44 heavy (non-hydrogen) atoms. The highest BCUT2D eigenvalue weighted by molar-refractivity contribution is 6.18. The summed E-state index contributed by atoms with van der Waals surface area (Å²) in [6, 6.07) is 25.6. The molecular formula is C36H28N2O6. The van der Waals surface area contributed by atoms with E-state index >= 15 is 4.79 Å². The van der Waals surface area contributed by atoms with E-state index in [2.05, 4.69) is 5.32 Å². The fraction of sp³-hybridized carbons (Fsp3) is 0.194. The van der Waals surface area contributed by atoms with Gasteiger partial charge in [-0.15, -0.1) is 0 Å². The van der Waals surface area contributed by atoms with E-state index in [0.717, 1.165) is 16.8 Å². The van der Waals surface area contributed by atoms with Gasteiger partial charge in [-0.1, -0.05) is 42.5 Å². The number of methoxy groups -OCH3 is 1. The van der Waals surface area contributed by atoms with Gasteiger partial charge in [-0.05, 0) is 72.7 Å². The van der Waals surface area contributed by atoms with Crippen molar-refractivity contribution in [3.8, 4) is 17.2 Å². The number of allylic oxidation sites excluding steroid dienone is 1. The van der Waals surface area contributed by atoms with Crippen LogP contribution >= 0.6 is 0 Å². The number of ether oxygens (including phenoxy) is 3. The molecule has 4 aliphatic rings. The van der Waals surface area contributed by atoms with Gasteiger partial charge in [0.1, 0.15) is 17.2 Å². The summed E-state index contributed by atoms with van der Waals surface area (Å²) < 4.78 is 16.5. The number of benzene rings is 4. The monoisotopic (exact) mass is 584 g/mol. The van der Waals surface area contributed by atoms with Crippen molar-refractivity contribution >= 4 is 34.4 Å². The average Bonchev–Trinajstić information content (AvgIpc) is 3.73. The quantitative estimate of drug-likeness (QED) is 0.302. The molecule has 0 bridgehead atoms. The van der Waals surface area contributed by atoms with E-state index in [0.29, 0.717) is 39.6 Å². The van der Waals surface area contributed by atoms with Crippen LogP contribution in [0, 0.1) is 5.92 Å². The standard InChI is InChI=1S/C36H28N2O6/c1-20-17-30-36(25-8-4-5-9-26(25)37-35(36)41)31(33(39)22-13-16-28-29(18-22)44-19-43-28)32(38(30)27-10-6-3-7-24(20)27)34(40)21-11-14-23(42-2)15-12-21/h3-18,30-32H,19H2,1-2H3,(H,37,41)/t30-,31+,32-,36-/m1/s1. The topological polar surface area (TPSA) is 94.2 Å². The Kier molecular flexibility index (Phi) is 5.71. The van der Waals surface area contributed by atoms with Crippen LogP contribution in [-0.4, -0.2) is 43.5 Å². The number of carbonyl (C=O) groups excluding carboxylic acids is 3. The van der Waals surface area contributed by atoms with E-state index in [4.69, 9.17) is 14.2 Å². The van der Waals surface area contributed by atoms with Crippen LogP contribution < -0.4 is 24.4 Å². The van der Waals surface area contributed by atoms with Crippen LogP contribution in [0.15, 0.2) is 97.1 Å². The van der Waals surface area contributed by atoms with Crippen LogP contribution in [0.2, 0.25) is 0 Å². The summed E-state index contributed by atoms with van der Waals surface area (Å²) in [6.45, 7) is 2.07. The van der Waals surface area contributed by atoms with Gasteiger partial charge in [-0.2, -0.15) is 0 Å². The predicted octanol–water partition coefficient (Wildman–Crippen LogP) is 5.67. The molecule has 0 unspecified atom stereocenters. The molecule has 1 amide bonds. The summed E-state index contributed by atoms with van der Waals surface area (Å²) in [5, 5.41) is 3.07. The third-order valence-corrected chi connectivity index (χ3v) is 9.47. The highest BCUT2D eigenvalue weighted by Gasteiger charge is 2.70. The Labute approximate surface area is 253 Å². The van der Waals surface area contributed by atoms with Gasteiger partial charge in [-0.3, -0.25) is 14.4 Å². The molecule has 0 saturated carbocycles. The predicted molar refractivity (Wildman–Crippen MR) is 165 cm³/mol. The Balaban J connectivity index is 1.41. The van der Waals surface area contributed by atoms with Crippen molar-refractivity contribution in [3.63, 3.8) is 0 Å². The van der Waals surface area contributed by atoms with Gasteiger partial charge in [0.15, 0.2) is 23.1 Å². The zero-order valence-corrected chi connectivity index (χ0v) is 24.1. The summed E-state index contributed by atoms with van der Waals surface area (Å²) in [6.07, 6.45) is 2.05. The largest absolute Gasteiger partial charge is 0.497 e. The maximum Gasteiger partial charge on any atom is 0.238 e. The van der Waals surface area contributed by atoms with Crippen molar-refractivity contribution in [2.24, 2.45) is 5.92 Å². The lowest BCUT2D eigenvalue weighted by Gasteiger charge is -2.39. The summed E-state index contributed by atoms with van der Waals surface area (Å²) in [7, 11) is 1.57. The number of fused-ring (bicyclic) bond motifs is 7. The number of hydrogen-bond donors (Lipinski definition) is 1. The molecule has 0 aromatic heterocycles. The summed E-state index contributed by atoms with van der Waals surface area (Å²) in [5.74, 6) is -0.351. The maximum absolute atomic E-state index is 15.1. The smallest absolute Gasteiger partial charge is 0.238 e. The SMILES string of the molecule is COc1ccc(C(=O)[C@H]2[C@@H](C(=O)c3ccc4c(c3)OCO4)[C@]3(C(=O)Nc4ccccc43)[C@H]3C=C(C)c4ccccc4N23)cc1. The van der Waals surface area contributed by atoms with Crippen LogP contribution in [-0.2, 0) is 10.2 Å². The number of anilines is 2. The number of rotatable bonds is 5. The van der Waals surface area contributed by atoms with Gasteiger partial charge in [-0.25, -0.2) is 0 Å². The number of carbonyl (C=O) groups is 3. The molecule has 4 aliphatic heterocycles. The maximum atomic E-state index is 15.1. The van der Waals surface area contributed by atoms with Crippen molar-refractivity contribution in [2.75, 3.05) is 24.1 Å². The van der Waals surface area contributed by atoms with Crippen molar-refractivity contribution in [1.29, 1.82) is 0 Å². The Bertz CT molecular complexity index is 1910.